The number of aromatic nitrogens is 3. The van der Waals surface area contributed by atoms with E-state index in [1.807, 2.05) is 31.2 Å². The third-order valence-corrected chi connectivity index (χ3v) is 4.89. The van der Waals surface area contributed by atoms with Gasteiger partial charge in [0, 0.05) is 30.7 Å². The number of unbranched alkanes of at least 4 members (excludes halogenated alkanes) is 1. The van der Waals surface area contributed by atoms with E-state index in [1.165, 1.54) is 0 Å². The molecule has 3 N–H and O–H groups in total. The first kappa shape index (κ1) is 20.8. The van der Waals surface area contributed by atoms with Gasteiger partial charge in [-0.3, -0.25) is 9.36 Å². The van der Waals surface area contributed by atoms with Crippen molar-refractivity contribution in [2.45, 2.75) is 39.7 Å². The Balaban J connectivity index is 2.09. The summed E-state index contributed by atoms with van der Waals surface area (Å²) in [6, 6.07) is 7.73. The molecule has 2 heterocycles. The van der Waals surface area contributed by atoms with E-state index in [-0.39, 0.29) is 5.56 Å². The zero-order valence-corrected chi connectivity index (χ0v) is 17.4. The van der Waals surface area contributed by atoms with Crippen molar-refractivity contribution in [3.8, 4) is 16.9 Å². The SMILES string of the molecule is CCCCOc1ccc(-c2cc3cnc(NC)nc3n(CCCN)c2=O)c(C)c1. The number of benzene rings is 1. The van der Waals surface area contributed by atoms with E-state index < -0.39 is 0 Å². The van der Waals surface area contributed by atoms with E-state index in [1.54, 1.807) is 17.8 Å². The van der Waals surface area contributed by atoms with Gasteiger partial charge in [0.25, 0.3) is 5.56 Å². The van der Waals surface area contributed by atoms with Crippen LogP contribution in [0.15, 0.2) is 35.3 Å². The Kier molecular flexibility index (Phi) is 6.82. The molecule has 154 valence electrons. The predicted molar refractivity (Wildman–Crippen MR) is 118 cm³/mol. The topological polar surface area (TPSA) is 95.1 Å². The molecule has 3 rings (SSSR count). The second kappa shape index (κ2) is 9.52. The van der Waals surface area contributed by atoms with Gasteiger partial charge in [-0.2, -0.15) is 4.98 Å². The fourth-order valence-corrected chi connectivity index (χ4v) is 3.29. The van der Waals surface area contributed by atoms with Crippen molar-refractivity contribution < 1.29 is 4.74 Å². The molecule has 29 heavy (non-hydrogen) atoms. The largest absolute Gasteiger partial charge is 0.494 e. The lowest BCUT2D eigenvalue weighted by Gasteiger charge is -2.14. The molecule has 0 fully saturated rings. The van der Waals surface area contributed by atoms with Gasteiger partial charge in [0.2, 0.25) is 5.95 Å². The van der Waals surface area contributed by atoms with E-state index in [9.17, 15) is 4.79 Å². The number of fused-ring (bicyclic) bond motifs is 1. The molecule has 0 saturated heterocycles. The van der Waals surface area contributed by atoms with Crippen molar-refractivity contribution >= 4 is 17.0 Å². The van der Waals surface area contributed by atoms with Gasteiger partial charge in [-0.25, -0.2) is 4.98 Å². The Hall–Kier alpha value is -2.93. The predicted octanol–water partition coefficient (Wildman–Crippen LogP) is 3.34. The summed E-state index contributed by atoms with van der Waals surface area (Å²) in [6.45, 7) is 5.84. The summed E-state index contributed by atoms with van der Waals surface area (Å²) in [5.41, 5.74) is 8.75. The molecule has 7 nitrogen and oxygen atoms in total. The smallest absolute Gasteiger partial charge is 0.260 e. The molecule has 0 aliphatic rings. The highest BCUT2D eigenvalue weighted by molar-refractivity contribution is 5.82. The van der Waals surface area contributed by atoms with Crippen LogP contribution in [0.5, 0.6) is 5.75 Å². The summed E-state index contributed by atoms with van der Waals surface area (Å²) >= 11 is 0. The minimum absolute atomic E-state index is 0.0746. The highest BCUT2D eigenvalue weighted by Crippen LogP contribution is 2.27. The Bertz CT molecular complexity index is 1050. The van der Waals surface area contributed by atoms with E-state index in [2.05, 4.69) is 22.2 Å². The average Bonchev–Trinajstić information content (AvgIpc) is 2.73. The van der Waals surface area contributed by atoms with E-state index in [0.717, 1.165) is 35.1 Å². The number of nitrogens with zero attached hydrogens (tertiary/aromatic N) is 3. The second-order valence-corrected chi connectivity index (χ2v) is 7.06. The molecule has 1 aromatic carbocycles. The lowest BCUT2D eigenvalue weighted by molar-refractivity contribution is 0.309. The van der Waals surface area contributed by atoms with Gasteiger partial charge in [-0.05, 0) is 55.6 Å². The van der Waals surface area contributed by atoms with Crippen molar-refractivity contribution in [3.63, 3.8) is 0 Å². The highest BCUT2D eigenvalue weighted by Gasteiger charge is 2.15. The van der Waals surface area contributed by atoms with Crippen LogP contribution in [0.1, 0.15) is 31.7 Å². The number of hydrogen-bond acceptors (Lipinski definition) is 6. The molecular formula is C22H29N5O2. The van der Waals surface area contributed by atoms with Gasteiger partial charge in [0.05, 0.1) is 6.61 Å². The van der Waals surface area contributed by atoms with Crippen LogP contribution in [-0.4, -0.2) is 34.7 Å². The summed E-state index contributed by atoms with van der Waals surface area (Å²) in [4.78, 5) is 22.2. The van der Waals surface area contributed by atoms with Crippen molar-refractivity contribution in [1.82, 2.24) is 14.5 Å². The summed E-state index contributed by atoms with van der Waals surface area (Å²) in [6.07, 6.45) is 4.55. The molecule has 0 radical (unpaired) electrons. The molecule has 0 unspecified atom stereocenters. The zero-order valence-electron chi connectivity index (χ0n) is 17.4. The van der Waals surface area contributed by atoms with Crippen molar-refractivity contribution in [2.24, 2.45) is 5.73 Å². The second-order valence-electron chi connectivity index (χ2n) is 7.06. The molecule has 7 heteroatoms. The third kappa shape index (κ3) is 4.56. The van der Waals surface area contributed by atoms with Crippen LogP contribution >= 0.6 is 0 Å². The van der Waals surface area contributed by atoms with Crippen molar-refractivity contribution in [2.75, 3.05) is 25.5 Å². The third-order valence-electron chi connectivity index (χ3n) is 4.89. The monoisotopic (exact) mass is 395 g/mol. The van der Waals surface area contributed by atoms with E-state index in [0.29, 0.717) is 43.3 Å². The zero-order chi connectivity index (χ0) is 20.8. The van der Waals surface area contributed by atoms with Gasteiger partial charge < -0.3 is 15.8 Å². The van der Waals surface area contributed by atoms with Crippen LogP contribution < -0.4 is 21.3 Å². The lowest BCUT2D eigenvalue weighted by Crippen LogP contribution is -2.24. The summed E-state index contributed by atoms with van der Waals surface area (Å²) in [5, 5.41) is 3.75. The molecular weight excluding hydrogens is 366 g/mol. The fraction of sp³-hybridized carbons (Fsp3) is 0.409. The Morgan fingerprint density at radius 2 is 2.03 bits per heavy atom. The van der Waals surface area contributed by atoms with Crippen molar-refractivity contribution in [1.29, 1.82) is 0 Å². The first-order chi connectivity index (χ1) is 14.1. The minimum atomic E-state index is -0.0746. The summed E-state index contributed by atoms with van der Waals surface area (Å²) in [7, 11) is 1.76. The van der Waals surface area contributed by atoms with E-state index in [4.69, 9.17) is 10.5 Å². The van der Waals surface area contributed by atoms with Gasteiger partial charge in [-0.1, -0.05) is 19.4 Å². The molecule has 0 atom stereocenters. The molecule has 0 saturated carbocycles. The number of pyridine rings is 1. The van der Waals surface area contributed by atoms with Crippen LogP contribution in [0.2, 0.25) is 0 Å². The minimum Gasteiger partial charge on any atom is -0.494 e. The number of ether oxygens (including phenoxy) is 1. The molecule has 0 amide bonds. The van der Waals surface area contributed by atoms with Crippen LogP contribution in [0.3, 0.4) is 0 Å². The van der Waals surface area contributed by atoms with Gasteiger partial charge in [-0.15, -0.1) is 0 Å². The van der Waals surface area contributed by atoms with Gasteiger partial charge in [0.1, 0.15) is 11.4 Å². The normalized spacial score (nSPS) is 11.0. The van der Waals surface area contributed by atoms with Crippen LogP contribution in [0, 0.1) is 6.92 Å². The molecule has 0 aliphatic carbocycles. The van der Waals surface area contributed by atoms with Gasteiger partial charge in [0.15, 0.2) is 0 Å². The van der Waals surface area contributed by atoms with Crippen LogP contribution in [-0.2, 0) is 6.54 Å². The lowest BCUT2D eigenvalue weighted by atomic mass is 10.0. The number of nitrogens with one attached hydrogen (secondary N) is 1. The molecule has 3 aromatic rings. The number of aryl methyl sites for hydroxylation is 2. The maximum atomic E-state index is 13.3. The number of nitrogens with two attached hydrogens (primary N) is 1. The first-order valence-electron chi connectivity index (χ1n) is 10.1. The number of hydrogen-bond donors (Lipinski definition) is 2. The summed E-state index contributed by atoms with van der Waals surface area (Å²) in [5.74, 6) is 1.31. The highest BCUT2D eigenvalue weighted by atomic mass is 16.5. The van der Waals surface area contributed by atoms with Crippen LogP contribution in [0.25, 0.3) is 22.2 Å². The maximum Gasteiger partial charge on any atom is 0.260 e. The van der Waals surface area contributed by atoms with Crippen LogP contribution in [0.4, 0.5) is 5.95 Å². The maximum absolute atomic E-state index is 13.3. The molecule has 2 aromatic heterocycles. The molecule has 0 spiro atoms. The Morgan fingerprint density at radius 1 is 1.21 bits per heavy atom. The Morgan fingerprint density at radius 3 is 2.72 bits per heavy atom. The fourth-order valence-electron chi connectivity index (χ4n) is 3.29. The summed E-state index contributed by atoms with van der Waals surface area (Å²) < 4.78 is 7.50. The average molecular weight is 396 g/mol. The standard InChI is InChI=1S/C22H29N5O2/c1-4-5-11-29-17-7-8-18(15(2)12-17)19-13-16-14-25-22(24-3)26-20(16)27(21(19)28)10-6-9-23/h7-8,12-14H,4-6,9-11,23H2,1-3H3,(H,24,25,26). The van der Waals surface area contributed by atoms with Crippen molar-refractivity contribution in [3.05, 3.63) is 46.4 Å². The first-order valence-corrected chi connectivity index (χ1v) is 10.1. The quantitative estimate of drug-likeness (QED) is 0.540. The van der Waals surface area contributed by atoms with E-state index >= 15 is 0 Å². The molecule has 0 aliphatic heterocycles. The molecule has 0 bridgehead atoms. The number of rotatable bonds is 9. The Labute approximate surface area is 170 Å². The number of anilines is 1. The van der Waals surface area contributed by atoms with Gasteiger partial charge >= 0.3 is 0 Å².